The number of aromatic carboxylic acids is 1. The van der Waals surface area contributed by atoms with Gasteiger partial charge >= 0.3 is 5.97 Å². The fraction of sp³-hybridized carbons (Fsp3) is 0.316. The maximum absolute atomic E-state index is 13.9. The van der Waals surface area contributed by atoms with Crippen LogP contribution >= 0.6 is 0 Å². The van der Waals surface area contributed by atoms with E-state index in [1.54, 1.807) is 0 Å². The summed E-state index contributed by atoms with van der Waals surface area (Å²) in [6, 6.07) is 11.9. The number of nitrogens with zero attached hydrogens (tertiary/aromatic N) is 1. The van der Waals surface area contributed by atoms with Gasteiger partial charge in [0.25, 0.3) is 0 Å². The van der Waals surface area contributed by atoms with Crippen LogP contribution in [0.2, 0.25) is 0 Å². The summed E-state index contributed by atoms with van der Waals surface area (Å²) >= 11 is 0. The number of anilines is 1. The molecular formula is C19H21FN2O3. The quantitative estimate of drug-likeness (QED) is 0.844. The Kier molecular flexibility index (Phi) is 5.63. The highest BCUT2D eigenvalue weighted by atomic mass is 19.1. The number of hydrogen-bond donors (Lipinski definition) is 2. The molecule has 0 aromatic heterocycles. The molecule has 1 aliphatic rings. The number of carboxylic acids is 1. The van der Waals surface area contributed by atoms with Crippen LogP contribution in [0.3, 0.4) is 0 Å². The summed E-state index contributed by atoms with van der Waals surface area (Å²) < 4.78 is 19.3. The van der Waals surface area contributed by atoms with Gasteiger partial charge in [-0.05, 0) is 29.8 Å². The van der Waals surface area contributed by atoms with Crippen LogP contribution in [0.4, 0.5) is 10.1 Å². The second kappa shape index (κ2) is 8.09. The monoisotopic (exact) mass is 344 g/mol. The van der Waals surface area contributed by atoms with E-state index in [9.17, 15) is 9.18 Å². The van der Waals surface area contributed by atoms with E-state index in [-0.39, 0.29) is 12.1 Å². The van der Waals surface area contributed by atoms with Crippen LogP contribution in [0.15, 0.2) is 42.5 Å². The minimum absolute atomic E-state index is 0.0897. The first-order chi connectivity index (χ1) is 12.1. The lowest BCUT2D eigenvalue weighted by molar-refractivity contribution is 0.0696. The molecule has 2 N–H and O–H groups in total. The fourth-order valence-corrected chi connectivity index (χ4v) is 2.95. The number of benzene rings is 2. The second-order valence-electron chi connectivity index (χ2n) is 5.94. The van der Waals surface area contributed by atoms with Crippen LogP contribution < -0.4 is 10.2 Å². The Hall–Kier alpha value is -2.44. The van der Waals surface area contributed by atoms with Gasteiger partial charge < -0.3 is 20.1 Å². The molecule has 5 nitrogen and oxygen atoms in total. The van der Waals surface area contributed by atoms with Gasteiger partial charge in [0.2, 0.25) is 0 Å². The molecule has 1 saturated heterocycles. The zero-order valence-corrected chi connectivity index (χ0v) is 13.9. The van der Waals surface area contributed by atoms with Gasteiger partial charge in [0, 0.05) is 37.4 Å². The van der Waals surface area contributed by atoms with Crippen LogP contribution in [-0.2, 0) is 17.8 Å². The van der Waals surface area contributed by atoms with Crippen LogP contribution in [0.25, 0.3) is 0 Å². The van der Waals surface area contributed by atoms with Gasteiger partial charge in [-0.3, -0.25) is 0 Å². The van der Waals surface area contributed by atoms with E-state index in [0.717, 1.165) is 37.6 Å². The average molecular weight is 344 g/mol. The van der Waals surface area contributed by atoms with Crippen molar-refractivity contribution in [1.29, 1.82) is 0 Å². The predicted molar refractivity (Wildman–Crippen MR) is 93.4 cm³/mol. The summed E-state index contributed by atoms with van der Waals surface area (Å²) in [6.07, 6.45) is 0. The van der Waals surface area contributed by atoms with Crippen molar-refractivity contribution in [2.24, 2.45) is 0 Å². The van der Waals surface area contributed by atoms with E-state index >= 15 is 0 Å². The molecule has 0 atom stereocenters. The average Bonchev–Trinajstić information content (AvgIpc) is 2.64. The number of carbonyl (C=O) groups is 1. The minimum Gasteiger partial charge on any atom is -0.478 e. The summed E-state index contributed by atoms with van der Waals surface area (Å²) in [5.74, 6) is -1.46. The first-order valence-corrected chi connectivity index (χ1v) is 8.28. The third-order valence-corrected chi connectivity index (χ3v) is 4.27. The van der Waals surface area contributed by atoms with Crippen LogP contribution in [0, 0.1) is 5.82 Å². The second-order valence-corrected chi connectivity index (χ2v) is 5.94. The Morgan fingerprint density at radius 2 is 1.84 bits per heavy atom. The molecule has 3 rings (SSSR count). The first kappa shape index (κ1) is 17.4. The number of nitrogens with one attached hydrogen (secondary N) is 1. The molecule has 2 aromatic rings. The smallest absolute Gasteiger partial charge is 0.335 e. The molecule has 0 unspecified atom stereocenters. The summed E-state index contributed by atoms with van der Waals surface area (Å²) in [5, 5.41) is 12.2. The van der Waals surface area contributed by atoms with Crippen molar-refractivity contribution in [2.75, 3.05) is 31.2 Å². The van der Waals surface area contributed by atoms with E-state index in [1.165, 1.54) is 18.2 Å². The Morgan fingerprint density at radius 1 is 1.12 bits per heavy atom. The van der Waals surface area contributed by atoms with Crippen molar-refractivity contribution in [3.8, 4) is 0 Å². The largest absolute Gasteiger partial charge is 0.478 e. The highest BCUT2D eigenvalue weighted by Gasteiger charge is 2.14. The summed E-state index contributed by atoms with van der Waals surface area (Å²) in [5.41, 5.74) is 2.72. The highest BCUT2D eigenvalue weighted by molar-refractivity contribution is 5.87. The van der Waals surface area contributed by atoms with Gasteiger partial charge in [0.05, 0.1) is 18.8 Å². The lowest BCUT2D eigenvalue weighted by Gasteiger charge is -2.30. The van der Waals surface area contributed by atoms with Crippen molar-refractivity contribution < 1.29 is 19.0 Å². The maximum Gasteiger partial charge on any atom is 0.335 e. The zero-order valence-electron chi connectivity index (χ0n) is 13.9. The molecule has 6 heteroatoms. The number of para-hydroxylation sites is 1. The number of carboxylic acid groups (broad SMARTS) is 1. The number of halogens is 1. The predicted octanol–water partition coefficient (Wildman–Crippen LogP) is 2.65. The molecule has 0 bridgehead atoms. The Bertz CT molecular complexity index is 745. The maximum atomic E-state index is 13.9. The van der Waals surface area contributed by atoms with Crippen LogP contribution in [0.1, 0.15) is 21.5 Å². The molecule has 0 aliphatic carbocycles. The molecule has 0 amide bonds. The van der Waals surface area contributed by atoms with Gasteiger partial charge in [0.15, 0.2) is 0 Å². The topological polar surface area (TPSA) is 61.8 Å². The standard InChI is InChI=1S/C19H21FN2O3/c20-17-6-5-14(19(23)24)11-16(17)13-21-12-15-3-1-2-4-18(15)22-7-9-25-10-8-22/h1-6,11,21H,7-10,12-13H2,(H,23,24). The molecule has 0 spiro atoms. The molecule has 132 valence electrons. The number of rotatable bonds is 6. The van der Waals surface area contributed by atoms with Gasteiger partial charge in [-0.2, -0.15) is 0 Å². The van der Waals surface area contributed by atoms with E-state index in [0.29, 0.717) is 12.1 Å². The Morgan fingerprint density at radius 3 is 2.60 bits per heavy atom. The molecule has 1 heterocycles. The molecule has 0 saturated carbocycles. The van der Waals surface area contributed by atoms with Crippen LogP contribution in [0.5, 0.6) is 0 Å². The SMILES string of the molecule is O=C(O)c1ccc(F)c(CNCc2ccccc2N2CCOCC2)c1. The third kappa shape index (κ3) is 4.35. The van der Waals surface area contributed by atoms with Crippen molar-refractivity contribution >= 4 is 11.7 Å². The molecular weight excluding hydrogens is 323 g/mol. The lowest BCUT2D eigenvalue weighted by atomic mass is 10.1. The fourth-order valence-electron chi connectivity index (χ4n) is 2.95. The lowest BCUT2D eigenvalue weighted by Crippen LogP contribution is -2.37. The number of hydrogen-bond acceptors (Lipinski definition) is 4. The first-order valence-electron chi connectivity index (χ1n) is 8.28. The third-order valence-electron chi connectivity index (χ3n) is 4.27. The van der Waals surface area contributed by atoms with Crippen molar-refractivity contribution in [1.82, 2.24) is 5.32 Å². The van der Waals surface area contributed by atoms with Gasteiger partial charge in [-0.1, -0.05) is 18.2 Å². The Balaban J connectivity index is 1.66. The zero-order chi connectivity index (χ0) is 17.6. The van der Waals surface area contributed by atoms with E-state index in [1.807, 2.05) is 18.2 Å². The summed E-state index contributed by atoms with van der Waals surface area (Å²) in [7, 11) is 0. The van der Waals surface area contributed by atoms with Gasteiger partial charge in [-0.25, -0.2) is 9.18 Å². The van der Waals surface area contributed by atoms with E-state index in [4.69, 9.17) is 9.84 Å². The summed E-state index contributed by atoms with van der Waals surface area (Å²) in [6.45, 7) is 3.98. The van der Waals surface area contributed by atoms with Crippen molar-refractivity contribution in [3.05, 3.63) is 65.0 Å². The van der Waals surface area contributed by atoms with Crippen molar-refractivity contribution in [2.45, 2.75) is 13.1 Å². The minimum atomic E-state index is -1.06. The molecule has 0 radical (unpaired) electrons. The highest BCUT2D eigenvalue weighted by Crippen LogP contribution is 2.21. The molecule has 25 heavy (non-hydrogen) atoms. The van der Waals surface area contributed by atoms with E-state index < -0.39 is 11.8 Å². The molecule has 1 fully saturated rings. The molecule has 1 aliphatic heterocycles. The van der Waals surface area contributed by atoms with E-state index in [2.05, 4.69) is 16.3 Å². The Labute approximate surface area is 146 Å². The summed E-state index contributed by atoms with van der Waals surface area (Å²) in [4.78, 5) is 13.3. The molecule has 2 aromatic carbocycles. The number of morpholine rings is 1. The van der Waals surface area contributed by atoms with Gasteiger partial charge in [0.1, 0.15) is 5.82 Å². The van der Waals surface area contributed by atoms with Gasteiger partial charge in [-0.15, -0.1) is 0 Å². The normalized spacial score (nSPS) is 14.5. The van der Waals surface area contributed by atoms with Crippen molar-refractivity contribution in [3.63, 3.8) is 0 Å². The number of ether oxygens (including phenoxy) is 1. The van der Waals surface area contributed by atoms with Crippen LogP contribution in [-0.4, -0.2) is 37.4 Å².